The number of aliphatic hydroxyl groups excluding tert-OH is 4. The van der Waals surface area contributed by atoms with E-state index in [4.69, 9.17) is 36.4 Å². The minimum absolute atomic E-state index is 0.0258. The molecule has 4 heterocycles. The van der Waals surface area contributed by atoms with E-state index in [1.54, 1.807) is 0 Å². The van der Waals surface area contributed by atoms with Crippen LogP contribution in [0.1, 0.15) is 53.3 Å². The van der Waals surface area contributed by atoms with Crippen LogP contribution in [0.15, 0.2) is 42.7 Å². The van der Waals surface area contributed by atoms with E-state index in [1.165, 1.54) is 35.2 Å². The number of aliphatic hydroxyl groups is 4. The number of hydrogen-bond donors (Lipinski definition) is 9. The van der Waals surface area contributed by atoms with Gasteiger partial charge in [-0.25, -0.2) is 24.1 Å². The number of aromatic nitrogens is 4. The Morgan fingerprint density at radius 1 is 1.00 bits per heavy atom. The molecule has 2 amide bonds. The van der Waals surface area contributed by atoms with Gasteiger partial charge in [-0.15, -0.1) is 12.3 Å². The Kier molecular flexibility index (Phi) is 12.8. The van der Waals surface area contributed by atoms with Crippen LogP contribution in [0.25, 0.3) is 11.2 Å². The van der Waals surface area contributed by atoms with Crippen molar-refractivity contribution >= 4 is 44.4 Å². The quantitative estimate of drug-likeness (QED) is 0.0477. The molecule has 310 valence electrons. The van der Waals surface area contributed by atoms with Crippen LogP contribution in [-0.2, 0) is 36.8 Å². The van der Waals surface area contributed by atoms with Gasteiger partial charge < -0.3 is 56.5 Å². The van der Waals surface area contributed by atoms with Gasteiger partial charge in [0.1, 0.15) is 48.2 Å². The minimum Gasteiger partial charge on any atom is -0.387 e. The van der Waals surface area contributed by atoms with E-state index in [9.17, 15) is 48.9 Å². The number of nitrogens with two attached hydrogens (primary N) is 2. The van der Waals surface area contributed by atoms with E-state index in [0.29, 0.717) is 12.8 Å². The summed E-state index contributed by atoms with van der Waals surface area (Å²) in [6.45, 7) is -1.91. The molecule has 10 atom stereocenters. The monoisotopic (exact) mass is 847 g/mol. The Bertz CT molecular complexity index is 2280. The number of carbonyl (C=O) groups is 2. The molecule has 1 aromatic carbocycles. The van der Waals surface area contributed by atoms with Gasteiger partial charge >= 0.3 is 15.6 Å². The summed E-state index contributed by atoms with van der Waals surface area (Å²) in [6, 6.07) is 5.68. The van der Waals surface area contributed by atoms with Crippen molar-refractivity contribution in [1.29, 1.82) is 0 Å². The molecule has 6 rings (SSSR count). The second-order valence-corrected chi connectivity index (χ2v) is 16.5. The second kappa shape index (κ2) is 17.3. The SMILES string of the molecule is C#CCCC1(CC(=O)NCC#Cc2nc(N)c3ncn(C4OC(COP(=O)(O)OP(=O)(O)OCC5OC(c6cccc(C(N)=O)c6)C(O)C5O)C(O)C4O)c3n2)C=C1. The number of nitrogens with zero attached hydrogens (tertiary/aromatic N) is 4. The Morgan fingerprint density at radius 3 is 2.33 bits per heavy atom. The highest BCUT2D eigenvalue weighted by Gasteiger charge is 2.48. The Morgan fingerprint density at radius 2 is 1.67 bits per heavy atom. The van der Waals surface area contributed by atoms with E-state index < -0.39 is 83.7 Å². The topological polar surface area (TPSA) is 343 Å². The maximum absolute atomic E-state index is 12.7. The van der Waals surface area contributed by atoms with Crippen LogP contribution >= 0.6 is 15.6 Å². The third-order valence-electron chi connectivity index (χ3n) is 9.37. The van der Waals surface area contributed by atoms with Crippen molar-refractivity contribution < 1.29 is 71.8 Å². The summed E-state index contributed by atoms with van der Waals surface area (Å²) < 4.78 is 51.6. The summed E-state index contributed by atoms with van der Waals surface area (Å²) in [5, 5.41) is 45.2. The zero-order valence-electron chi connectivity index (χ0n) is 30.2. The standard InChI is InChI=1S/C34H39N7O15P2/c1-2-3-9-34(10-11-34)14-23(42)37-12-5-8-22-39-30(35)24-32(40-22)41(17-38-24)33-28(46)26(44)21(55-33)16-53-58(50,51)56-57(48,49)52-15-20-25(43)27(45)29(54-20)18-6-4-7-19(13-18)31(36)47/h1,4,6-7,10-11,13,17,20-21,25-29,33,43-46H,3,9,12,14-16H2,(H2,36,47)(H,37,42)(H,48,49)(H,50,51)(H2,35,39,40). The molecule has 2 aliphatic heterocycles. The molecule has 0 radical (unpaired) electrons. The maximum atomic E-state index is 12.7. The summed E-state index contributed by atoms with van der Waals surface area (Å²) in [7, 11) is -10.9. The highest BCUT2D eigenvalue weighted by atomic mass is 31.3. The second-order valence-electron chi connectivity index (χ2n) is 13.5. The van der Waals surface area contributed by atoms with Gasteiger partial charge in [0.2, 0.25) is 17.6 Å². The van der Waals surface area contributed by atoms with Gasteiger partial charge in [-0.2, -0.15) is 4.31 Å². The zero-order valence-corrected chi connectivity index (χ0v) is 32.0. The maximum Gasteiger partial charge on any atom is 0.481 e. The summed E-state index contributed by atoms with van der Waals surface area (Å²) in [5.41, 5.74) is 11.5. The van der Waals surface area contributed by atoms with Crippen LogP contribution in [-0.4, -0.2) is 118 Å². The lowest BCUT2D eigenvalue weighted by atomic mass is 9.93. The Balaban J connectivity index is 1.02. The number of fused-ring (bicyclic) bond motifs is 1. The minimum atomic E-state index is -5.46. The van der Waals surface area contributed by atoms with Crippen LogP contribution in [0.4, 0.5) is 5.82 Å². The van der Waals surface area contributed by atoms with E-state index in [2.05, 4.69) is 42.3 Å². The average Bonchev–Trinajstić information content (AvgIpc) is 3.56. The van der Waals surface area contributed by atoms with E-state index in [-0.39, 0.29) is 58.2 Å². The van der Waals surface area contributed by atoms with Crippen molar-refractivity contribution in [3.05, 3.63) is 59.7 Å². The van der Waals surface area contributed by atoms with Crippen molar-refractivity contribution in [3.8, 4) is 24.2 Å². The number of phosphoric ester groups is 2. The van der Waals surface area contributed by atoms with Gasteiger partial charge in [0.05, 0.1) is 26.1 Å². The predicted molar refractivity (Wildman–Crippen MR) is 197 cm³/mol. The summed E-state index contributed by atoms with van der Waals surface area (Å²) >= 11 is 0. The molecule has 2 aromatic heterocycles. The molecular formula is C34H39N7O15P2. The van der Waals surface area contributed by atoms with E-state index in [1.807, 2.05) is 12.2 Å². The molecule has 22 nitrogen and oxygen atoms in total. The number of benzene rings is 1. The third-order valence-corrected chi connectivity index (χ3v) is 12.0. The number of carbonyl (C=O) groups excluding carboxylic acids is 2. The Hall–Kier alpha value is -4.61. The number of terminal acetylenes is 1. The van der Waals surface area contributed by atoms with E-state index in [0.717, 1.165) is 0 Å². The summed E-state index contributed by atoms with van der Waals surface area (Å²) in [4.78, 5) is 56.8. The molecule has 11 N–H and O–H groups in total. The predicted octanol–water partition coefficient (Wildman–Crippen LogP) is -0.933. The molecule has 0 spiro atoms. The van der Waals surface area contributed by atoms with Crippen molar-refractivity contribution in [1.82, 2.24) is 24.8 Å². The molecular weight excluding hydrogens is 808 g/mol. The van der Waals surface area contributed by atoms with Crippen molar-refractivity contribution in [2.24, 2.45) is 11.1 Å². The first-order valence-electron chi connectivity index (χ1n) is 17.4. The Labute approximate surface area is 329 Å². The van der Waals surface area contributed by atoms with Crippen LogP contribution < -0.4 is 16.8 Å². The number of amides is 2. The van der Waals surface area contributed by atoms with Gasteiger partial charge in [0.15, 0.2) is 17.7 Å². The lowest BCUT2D eigenvalue weighted by molar-refractivity contribution is -0.121. The molecule has 3 aromatic rings. The zero-order chi connectivity index (χ0) is 42.0. The van der Waals surface area contributed by atoms with Crippen LogP contribution in [0.2, 0.25) is 0 Å². The van der Waals surface area contributed by atoms with Crippen molar-refractivity contribution in [3.63, 3.8) is 0 Å². The number of ether oxygens (including phenoxy) is 2. The lowest BCUT2D eigenvalue weighted by Gasteiger charge is -2.20. The normalized spacial score (nSPS) is 27.9. The molecule has 0 bridgehead atoms. The number of rotatable bonds is 16. The number of phosphoric acid groups is 2. The van der Waals surface area contributed by atoms with Gasteiger partial charge in [-0.3, -0.25) is 23.2 Å². The van der Waals surface area contributed by atoms with E-state index >= 15 is 0 Å². The molecule has 10 unspecified atom stereocenters. The van der Waals surface area contributed by atoms with Gasteiger partial charge in [0.25, 0.3) is 0 Å². The van der Waals surface area contributed by atoms with Gasteiger partial charge in [-0.05, 0) is 30.0 Å². The lowest BCUT2D eigenvalue weighted by Crippen LogP contribution is -2.33. The fraction of sp³-hybridized carbons (Fsp3) is 0.441. The fourth-order valence-electron chi connectivity index (χ4n) is 6.24. The highest BCUT2D eigenvalue weighted by molar-refractivity contribution is 7.61. The smallest absolute Gasteiger partial charge is 0.387 e. The first kappa shape index (κ1) is 43.0. The van der Waals surface area contributed by atoms with Crippen molar-refractivity contribution in [2.45, 2.75) is 68.2 Å². The number of nitrogen functional groups attached to an aromatic ring is 1. The fourth-order valence-corrected chi connectivity index (χ4v) is 8.33. The molecule has 2 fully saturated rings. The molecule has 0 saturated carbocycles. The number of hydrogen-bond acceptors (Lipinski definition) is 17. The highest BCUT2D eigenvalue weighted by Crippen LogP contribution is 2.61. The average molecular weight is 848 g/mol. The first-order valence-corrected chi connectivity index (χ1v) is 20.4. The number of imidazole rings is 1. The number of primary amides is 1. The number of allylic oxidation sites excluding steroid dienone is 2. The number of nitrogens with one attached hydrogen (secondary N) is 1. The summed E-state index contributed by atoms with van der Waals surface area (Å²) in [6.07, 6.45) is -0.439. The molecule has 3 aliphatic rings. The van der Waals surface area contributed by atoms with Crippen LogP contribution in [0.5, 0.6) is 0 Å². The van der Waals surface area contributed by atoms with Crippen molar-refractivity contribution in [2.75, 3.05) is 25.5 Å². The largest absolute Gasteiger partial charge is 0.481 e. The third kappa shape index (κ3) is 9.97. The molecule has 2 saturated heterocycles. The van der Waals surface area contributed by atoms with Crippen LogP contribution in [0, 0.1) is 29.6 Å². The molecule has 58 heavy (non-hydrogen) atoms. The van der Waals surface area contributed by atoms with Gasteiger partial charge in [0, 0.05) is 23.8 Å². The summed E-state index contributed by atoms with van der Waals surface area (Å²) in [5.74, 6) is 6.83. The van der Waals surface area contributed by atoms with Gasteiger partial charge in [-0.1, -0.05) is 30.2 Å². The first-order chi connectivity index (χ1) is 27.4. The molecule has 24 heteroatoms. The molecule has 1 aliphatic carbocycles. The number of anilines is 1. The van der Waals surface area contributed by atoms with Crippen LogP contribution in [0.3, 0.4) is 0 Å².